The highest BCUT2D eigenvalue weighted by molar-refractivity contribution is 5.26. The molecule has 2 aliphatic carbocycles. The van der Waals surface area contributed by atoms with E-state index in [9.17, 15) is 0 Å². The molecule has 0 bridgehead atoms. The molecule has 3 unspecified atom stereocenters. The summed E-state index contributed by atoms with van der Waals surface area (Å²) in [5.41, 5.74) is 7.79. The number of hydrogen-bond donors (Lipinski definition) is 1. The zero-order valence-corrected chi connectivity index (χ0v) is 9.08. The highest BCUT2D eigenvalue weighted by atomic mass is 14.7. The average molecular weight is 191 g/mol. The van der Waals surface area contributed by atoms with Crippen molar-refractivity contribution in [3.63, 3.8) is 0 Å². The second-order valence-electron chi connectivity index (χ2n) is 4.78. The summed E-state index contributed by atoms with van der Waals surface area (Å²) in [6.45, 7) is 2.30. The summed E-state index contributed by atoms with van der Waals surface area (Å²) < 4.78 is 0. The van der Waals surface area contributed by atoms with Crippen LogP contribution in [0.5, 0.6) is 0 Å². The number of nitrogens with two attached hydrogens (primary N) is 1. The van der Waals surface area contributed by atoms with E-state index in [1.807, 2.05) is 0 Å². The molecule has 78 valence electrons. The Kier molecular flexibility index (Phi) is 3.07. The monoisotopic (exact) mass is 191 g/mol. The average Bonchev–Trinajstić information content (AvgIpc) is 2.23. The van der Waals surface area contributed by atoms with Gasteiger partial charge in [0.1, 0.15) is 0 Å². The van der Waals surface area contributed by atoms with Crippen molar-refractivity contribution in [2.45, 2.75) is 45.1 Å². The van der Waals surface area contributed by atoms with Gasteiger partial charge in [0.05, 0.1) is 0 Å². The van der Waals surface area contributed by atoms with Gasteiger partial charge in [-0.3, -0.25) is 0 Å². The Bertz CT molecular complexity index is 252. The summed E-state index contributed by atoms with van der Waals surface area (Å²) in [6.07, 6.45) is 13.4. The third-order valence-electron chi connectivity index (χ3n) is 3.75. The maximum atomic E-state index is 6.28. The van der Waals surface area contributed by atoms with Crippen LogP contribution in [-0.2, 0) is 0 Å². The first-order valence-corrected chi connectivity index (χ1v) is 5.91. The number of allylic oxidation sites excluding steroid dienone is 3. The van der Waals surface area contributed by atoms with E-state index in [0.717, 1.165) is 0 Å². The van der Waals surface area contributed by atoms with Gasteiger partial charge in [-0.05, 0) is 43.1 Å². The number of rotatable bonds is 1. The maximum absolute atomic E-state index is 6.28. The molecule has 1 heteroatoms. The molecule has 2 rings (SSSR count). The van der Waals surface area contributed by atoms with Crippen molar-refractivity contribution in [2.75, 3.05) is 0 Å². The van der Waals surface area contributed by atoms with Crippen molar-refractivity contribution in [3.8, 4) is 0 Å². The summed E-state index contributed by atoms with van der Waals surface area (Å²) in [6, 6.07) is 0.387. The molecular formula is C13H21N. The summed E-state index contributed by atoms with van der Waals surface area (Å²) in [4.78, 5) is 0. The first kappa shape index (κ1) is 9.97. The van der Waals surface area contributed by atoms with Crippen LogP contribution in [0.25, 0.3) is 0 Å². The summed E-state index contributed by atoms with van der Waals surface area (Å²) in [5, 5.41) is 0. The molecule has 1 saturated carbocycles. The third-order valence-corrected chi connectivity index (χ3v) is 3.75. The van der Waals surface area contributed by atoms with Gasteiger partial charge in [0.15, 0.2) is 0 Å². The van der Waals surface area contributed by atoms with Crippen LogP contribution in [0.15, 0.2) is 23.8 Å². The smallest absolute Gasteiger partial charge is 0.0134 e. The summed E-state index contributed by atoms with van der Waals surface area (Å²) in [5.74, 6) is 1.33. The Morgan fingerprint density at radius 2 is 2.14 bits per heavy atom. The first-order chi connectivity index (χ1) is 6.79. The lowest BCUT2D eigenvalue weighted by Gasteiger charge is -2.35. The normalized spacial score (nSPS) is 38.1. The van der Waals surface area contributed by atoms with Crippen molar-refractivity contribution < 1.29 is 0 Å². The minimum Gasteiger partial charge on any atom is -0.327 e. The first-order valence-electron chi connectivity index (χ1n) is 5.91. The molecule has 2 N–H and O–H groups in total. The lowest BCUT2D eigenvalue weighted by Crippen LogP contribution is -2.40. The predicted octanol–water partition coefficient (Wildman–Crippen LogP) is 3.03. The highest BCUT2D eigenvalue weighted by Crippen LogP contribution is 2.34. The van der Waals surface area contributed by atoms with Crippen LogP contribution in [0.2, 0.25) is 0 Å². The molecule has 1 fully saturated rings. The second kappa shape index (κ2) is 4.31. The molecule has 0 amide bonds. The van der Waals surface area contributed by atoms with Gasteiger partial charge < -0.3 is 5.73 Å². The maximum Gasteiger partial charge on any atom is 0.0134 e. The molecule has 1 nitrogen and oxygen atoms in total. The van der Waals surface area contributed by atoms with Crippen LogP contribution >= 0.6 is 0 Å². The van der Waals surface area contributed by atoms with Gasteiger partial charge >= 0.3 is 0 Å². The third kappa shape index (κ3) is 1.93. The molecule has 0 aromatic carbocycles. The Morgan fingerprint density at radius 3 is 2.86 bits per heavy atom. The van der Waals surface area contributed by atoms with Gasteiger partial charge in [-0.1, -0.05) is 31.6 Å². The van der Waals surface area contributed by atoms with Gasteiger partial charge in [-0.25, -0.2) is 0 Å². The van der Waals surface area contributed by atoms with Gasteiger partial charge in [-0.2, -0.15) is 0 Å². The topological polar surface area (TPSA) is 26.0 Å². The van der Waals surface area contributed by atoms with Gasteiger partial charge in [0.25, 0.3) is 0 Å². The van der Waals surface area contributed by atoms with E-state index in [1.165, 1.54) is 37.7 Å². The Hall–Kier alpha value is -0.560. The van der Waals surface area contributed by atoms with Crippen LogP contribution in [0, 0.1) is 11.8 Å². The lowest BCUT2D eigenvalue weighted by atomic mass is 9.74. The van der Waals surface area contributed by atoms with Crippen LogP contribution in [-0.4, -0.2) is 6.04 Å². The summed E-state index contributed by atoms with van der Waals surface area (Å²) in [7, 11) is 0. The molecule has 0 spiro atoms. The Balaban J connectivity index is 2.08. The molecule has 0 aliphatic heterocycles. The minimum atomic E-state index is 0.387. The highest BCUT2D eigenvalue weighted by Gasteiger charge is 2.29. The fraction of sp³-hybridized carbons (Fsp3) is 0.692. The van der Waals surface area contributed by atoms with Crippen LogP contribution in [0.4, 0.5) is 0 Å². The molecule has 0 radical (unpaired) electrons. The van der Waals surface area contributed by atoms with Crippen molar-refractivity contribution >= 4 is 0 Å². The Labute approximate surface area is 87.1 Å². The fourth-order valence-electron chi connectivity index (χ4n) is 2.74. The number of hydrogen-bond acceptors (Lipinski definition) is 1. The quantitative estimate of drug-likeness (QED) is 0.677. The molecule has 3 atom stereocenters. The van der Waals surface area contributed by atoms with Gasteiger partial charge in [-0.15, -0.1) is 0 Å². The van der Waals surface area contributed by atoms with Crippen molar-refractivity contribution in [3.05, 3.63) is 23.8 Å². The van der Waals surface area contributed by atoms with E-state index in [2.05, 4.69) is 25.2 Å². The molecule has 0 saturated heterocycles. The minimum absolute atomic E-state index is 0.387. The molecule has 0 aromatic heterocycles. The van der Waals surface area contributed by atoms with Crippen LogP contribution in [0.3, 0.4) is 0 Å². The van der Waals surface area contributed by atoms with Crippen molar-refractivity contribution in [2.24, 2.45) is 17.6 Å². The molecular weight excluding hydrogens is 170 g/mol. The second-order valence-corrected chi connectivity index (χ2v) is 4.78. The predicted molar refractivity (Wildman–Crippen MR) is 60.9 cm³/mol. The zero-order valence-electron chi connectivity index (χ0n) is 9.08. The van der Waals surface area contributed by atoms with E-state index in [1.54, 1.807) is 0 Å². The standard InChI is InChI=1S/C13H21N/c1-10-6-5-9-12(13(10)14)11-7-3-2-4-8-11/h3,7-8,10,12-13H,2,4-6,9,14H2,1H3. The van der Waals surface area contributed by atoms with Crippen molar-refractivity contribution in [1.82, 2.24) is 0 Å². The Morgan fingerprint density at radius 1 is 1.29 bits per heavy atom. The zero-order chi connectivity index (χ0) is 9.97. The van der Waals surface area contributed by atoms with Crippen LogP contribution in [0.1, 0.15) is 39.0 Å². The van der Waals surface area contributed by atoms with Gasteiger partial charge in [0, 0.05) is 6.04 Å². The van der Waals surface area contributed by atoms with E-state index in [4.69, 9.17) is 5.73 Å². The van der Waals surface area contributed by atoms with E-state index < -0.39 is 0 Å². The summed E-state index contributed by atoms with van der Waals surface area (Å²) >= 11 is 0. The largest absolute Gasteiger partial charge is 0.327 e. The van der Waals surface area contributed by atoms with Crippen molar-refractivity contribution in [1.29, 1.82) is 0 Å². The van der Waals surface area contributed by atoms with Crippen LogP contribution < -0.4 is 5.73 Å². The SMILES string of the molecule is CC1CCCC(C2=CCCC=C2)C1N. The fourth-order valence-corrected chi connectivity index (χ4v) is 2.74. The van der Waals surface area contributed by atoms with E-state index >= 15 is 0 Å². The molecule has 2 aliphatic rings. The molecule has 14 heavy (non-hydrogen) atoms. The molecule has 0 heterocycles. The molecule has 0 aromatic rings. The lowest BCUT2D eigenvalue weighted by molar-refractivity contribution is 0.266. The van der Waals surface area contributed by atoms with E-state index in [0.29, 0.717) is 17.9 Å². The van der Waals surface area contributed by atoms with E-state index in [-0.39, 0.29) is 0 Å². The van der Waals surface area contributed by atoms with Gasteiger partial charge in [0.2, 0.25) is 0 Å².